The van der Waals surface area contributed by atoms with Crippen molar-refractivity contribution in [2.45, 2.75) is 4.90 Å². The van der Waals surface area contributed by atoms with Crippen LogP contribution in [0, 0.1) is 0 Å². The Hall–Kier alpha value is -1.20. The Morgan fingerprint density at radius 3 is 2.26 bits per heavy atom. The molecule has 4 nitrogen and oxygen atoms in total. The van der Waals surface area contributed by atoms with Gasteiger partial charge >= 0.3 is 0 Å². The highest BCUT2D eigenvalue weighted by atomic mass is 35.5. The minimum atomic E-state index is -0.0802. The standard InChI is InChI=1S/C13H15ClN2O2S/c14-9-12(17)15-5-7-16(8-6-15)13(18)10-3-1-2-4-11(10)19/h1-4,19H,5-9H2. The Bertz CT molecular complexity index is 487. The molecule has 6 heteroatoms. The first-order valence-electron chi connectivity index (χ1n) is 6.04. The van der Waals surface area contributed by atoms with E-state index in [1.165, 1.54) is 0 Å². The molecule has 1 fully saturated rings. The Morgan fingerprint density at radius 1 is 1.11 bits per heavy atom. The zero-order valence-electron chi connectivity index (χ0n) is 10.4. The van der Waals surface area contributed by atoms with E-state index in [9.17, 15) is 9.59 Å². The lowest BCUT2D eigenvalue weighted by molar-refractivity contribution is -0.129. The maximum Gasteiger partial charge on any atom is 0.255 e. The molecule has 0 unspecified atom stereocenters. The summed E-state index contributed by atoms with van der Waals surface area (Å²) in [7, 11) is 0. The van der Waals surface area contributed by atoms with Gasteiger partial charge in [0.15, 0.2) is 0 Å². The van der Waals surface area contributed by atoms with Gasteiger partial charge in [-0.05, 0) is 12.1 Å². The van der Waals surface area contributed by atoms with Crippen molar-refractivity contribution in [3.63, 3.8) is 0 Å². The molecule has 102 valence electrons. The molecule has 1 heterocycles. The molecule has 0 N–H and O–H groups in total. The van der Waals surface area contributed by atoms with Crippen molar-refractivity contribution in [1.82, 2.24) is 9.80 Å². The van der Waals surface area contributed by atoms with E-state index in [2.05, 4.69) is 12.6 Å². The van der Waals surface area contributed by atoms with E-state index in [0.29, 0.717) is 36.6 Å². The molecule has 0 radical (unpaired) electrons. The number of piperazine rings is 1. The number of benzene rings is 1. The van der Waals surface area contributed by atoms with Crippen molar-refractivity contribution >= 4 is 36.0 Å². The van der Waals surface area contributed by atoms with E-state index in [1.807, 2.05) is 12.1 Å². The summed E-state index contributed by atoms with van der Waals surface area (Å²) in [4.78, 5) is 27.9. The number of rotatable bonds is 2. The number of alkyl halides is 1. The van der Waals surface area contributed by atoms with Crippen molar-refractivity contribution in [3.05, 3.63) is 29.8 Å². The fourth-order valence-corrected chi connectivity index (χ4v) is 2.49. The van der Waals surface area contributed by atoms with Crippen LogP contribution in [-0.2, 0) is 4.79 Å². The van der Waals surface area contributed by atoms with Gasteiger partial charge in [0.25, 0.3) is 5.91 Å². The molecule has 19 heavy (non-hydrogen) atoms. The van der Waals surface area contributed by atoms with Gasteiger partial charge in [0, 0.05) is 31.1 Å². The van der Waals surface area contributed by atoms with Gasteiger partial charge in [0.05, 0.1) is 5.56 Å². The highest BCUT2D eigenvalue weighted by Crippen LogP contribution is 2.16. The molecule has 2 amide bonds. The van der Waals surface area contributed by atoms with Crippen molar-refractivity contribution < 1.29 is 9.59 Å². The molecule has 1 saturated heterocycles. The van der Waals surface area contributed by atoms with Crippen molar-refractivity contribution in [2.75, 3.05) is 32.1 Å². The topological polar surface area (TPSA) is 40.6 Å². The van der Waals surface area contributed by atoms with Gasteiger partial charge in [-0.3, -0.25) is 9.59 Å². The van der Waals surface area contributed by atoms with Gasteiger partial charge in [0.2, 0.25) is 5.91 Å². The minimum Gasteiger partial charge on any atom is -0.338 e. The van der Waals surface area contributed by atoms with Crippen LogP contribution < -0.4 is 0 Å². The van der Waals surface area contributed by atoms with Crippen LogP contribution in [0.25, 0.3) is 0 Å². The van der Waals surface area contributed by atoms with Crippen LogP contribution in [0.2, 0.25) is 0 Å². The molecule has 0 bridgehead atoms. The molecule has 0 atom stereocenters. The SMILES string of the molecule is O=C(CCl)N1CCN(C(=O)c2ccccc2S)CC1. The van der Waals surface area contributed by atoms with Gasteiger partial charge in [-0.15, -0.1) is 24.2 Å². The summed E-state index contributed by atoms with van der Waals surface area (Å²) in [5, 5.41) is 0. The van der Waals surface area contributed by atoms with Crippen LogP contribution in [0.3, 0.4) is 0 Å². The fraction of sp³-hybridized carbons (Fsp3) is 0.385. The Balaban J connectivity index is 2.00. The van der Waals surface area contributed by atoms with E-state index in [0.717, 1.165) is 0 Å². The minimum absolute atomic E-state index is 0.00653. The van der Waals surface area contributed by atoms with Crippen molar-refractivity contribution in [3.8, 4) is 0 Å². The van der Waals surface area contributed by atoms with E-state index in [1.54, 1.807) is 21.9 Å². The highest BCUT2D eigenvalue weighted by Gasteiger charge is 2.24. The maximum atomic E-state index is 12.3. The van der Waals surface area contributed by atoms with E-state index in [4.69, 9.17) is 11.6 Å². The predicted molar refractivity (Wildman–Crippen MR) is 76.9 cm³/mol. The summed E-state index contributed by atoms with van der Waals surface area (Å²) >= 11 is 9.81. The molecule has 0 saturated carbocycles. The monoisotopic (exact) mass is 298 g/mol. The number of hydrogen-bond acceptors (Lipinski definition) is 3. The summed E-state index contributed by atoms with van der Waals surface area (Å²) in [5.74, 6) is -0.125. The second-order valence-corrected chi connectivity index (χ2v) is 5.07. The maximum absolute atomic E-state index is 12.3. The van der Waals surface area contributed by atoms with Gasteiger partial charge in [-0.2, -0.15) is 0 Å². The Labute approximate surface area is 122 Å². The smallest absolute Gasteiger partial charge is 0.255 e. The second-order valence-electron chi connectivity index (χ2n) is 4.32. The van der Waals surface area contributed by atoms with E-state index >= 15 is 0 Å². The number of carbonyl (C=O) groups excluding carboxylic acids is 2. The highest BCUT2D eigenvalue weighted by molar-refractivity contribution is 7.80. The fourth-order valence-electron chi connectivity index (χ4n) is 2.07. The molecular weight excluding hydrogens is 284 g/mol. The first-order chi connectivity index (χ1) is 9.13. The van der Waals surface area contributed by atoms with Gasteiger partial charge in [0.1, 0.15) is 5.88 Å². The van der Waals surface area contributed by atoms with E-state index < -0.39 is 0 Å². The molecule has 1 aromatic rings. The summed E-state index contributed by atoms with van der Waals surface area (Å²) in [5.41, 5.74) is 0.600. The first kappa shape index (κ1) is 14.2. The zero-order valence-corrected chi connectivity index (χ0v) is 12.0. The van der Waals surface area contributed by atoms with Gasteiger partial charge in [-0.25, -0.2) is 0 Å². The lowest BCUT2D eigenvalue weighted by atomic mass is 10.2. The normalized spacial score (nSPS) is 15.5. The average Bonchev–Trinajstić information content (AvgIpc) is 2.46. The molecule has 1 aliphatic heterocycles. The predicted octanol–water partition coefficient (Wildman–Crippen LogP) is 1.50. The van der Waals surface area contributed by atoms with E-state index in [-0.39, 0.29) is 17.7 Å². The van der Waals surface area contributed by atoms with Crippen molar-refractivity contribution in [2.24, 2.45) is 0 Å². The number of halogens is 1. The van der Waals surface area contributed by atoms with Crippen LogP contribution >= 0.6 is 24.2 Å². The van der Waals surface area contributed by atoms with Gasteiger partial charge < -0.3 is 9.80 Å². The molecular formula is C13H15ClN2O2S. The third-order valence-electron chi connectivity index (χ3n) is 3.17. The Kier molecular flexibility index (Phi) is 4.71. The number of carbonyl (C=O) groups is 2. The molecule has 0 aromatic heterocycles. The quantitative estimate of drug-likeness (QED) is 0.664. The summed E-state index contributed by atoms with van der Waals surface area (Å²) < 4.78 is 0. The summed E-state index contributed by atoms with van der Waals surface area (Å²) in [6.45, 7) is 2.13. The molecule has 1 aliphatic rings. The lowest BCUT2D eigenvalue weighted by Crippen LogP contribution is -2.51. The molecule has 0 spiro atoms. The third-order valence-corrected chi connectivity index (χ3v) is 3.79. The van der Waals surface area contributed by atoms with Crippen LogP contribution in [0.5, 0.6) is 0 Å². The molecule has 0 aliphatic carbocycles. The average molecular weight is 299 g/mol. The van der Waals surface area contributed by atoms with Crippen LogP contribution in [0.1, 0.15) is 10.4 Å². The Morgan fingerprint density at radius 2 is 1.68 bits per heavy atom. The molecule has 2 rings (SSSR count). The van der Waals surface area contributed by atoms with Crippen molar-refractivity contribution in [1.29, 1.82) is 0 Å². The molecule has 1 aromatic carbocycles. The van der Waals surface area contributed by atoms with Gasteiger partial charge in [-0.1, -0.05) is 12.1 Å². The number of amides is 2. The van der Waals surface area contributed by atoms with Crippen LogP contribution in [-0.4, -0.2) is 53.7 Å². The zero-order chi connectivity index (χ0) is 13.8. The number of nitrogens with zero attached hydrogens (tertiary/aromatic N) is 2. The number of hydrogen-bond donors (Lipinski definition) is 1. The summed E-state index contributed by atoms with van der Waals surface area (Å²) in [6.07, 6.45) is 0. The lowest BCUT2D eigenvalue weighted by Gasteiger charge is -2.34. The first-order valence-corrected chi connectivity index (χ1v) is 7.02. The third kappa shape index (κ3) is 3.22. The summed E-state index contributed by atoms with van der Waals surface area (Å²) in [6, 6.07) is 7.22. The second kappa shape index (κ2) is 6.30. The largest absolute Gasteiger partial charge is 0.338 e. The van der Waals surface area contributed by atoms with Crippen LogP contribution in [0.15, 0.2) is 29.2 Å². The number of thiol groups is 1. The van der Waals surface area contributed by atoms with Crippen LogP contribution in [0.4, 0.5) is 0 Å².